The summed E-state index contributed by atoms with van der Waals surface area (Å²) in [7, 11) is 0. The second kappa shape index (κ2) is 4.83. The van der Waals surface area contributed by atoms with E-state index in [4.69, 9.17) is 11.6 Å². The van der Waals surface area contributed by atoms with Crippen LogP contribution in [0.4, 0.5) is 4.39 Å². The van der Waals surface area contributed by atoms with Crippen LogP contribution < -0.4 is 0 Å². The van der Waals surface area contributed by atoms with Gasteiger partial charge in [0.2, 0.25) is 0 Å². The van der Waals surface area contributed by atoms with Gasteiger partial charge in [0.05, 0.1) is 0 Å². The molecule has 3 heteroatoms. The summed E-state index contributed by atoms with van der Waals surface area (Å²) in [5.74, 6) is -0.246. The predicted molar refractivity (Wildman–Crippen MR) is 89.7 cm³/mol. The summed E-state index contributed by atoms with van der Waals surface area (Å²) in [6.07, 6.45) is 0. The highest BCUT2D eigenvalue weighted by Gasteiger charge is 2.13. The number of benzene rings is 3. The van der Waals surface area contributed by atoms with Crippen LogP contribution in [0.15, 0.2) is 60.7 Å². The molecule has 102 valence electrons. The van der Waals surface area contributed by atoms with Crippen LogP contribution in [0, 0.1) is 5.82 Å². The van der Waals surface area contributed by atoms with E-state index in [2.05, 4.69) is 18.2 Å². The average Bonchev–Trinajstić information content (AvgIpc) is 2.88. The lowest BCUT2D eigenvalue weighted by molar-refractivity contribution is 0.631. The van der Waals surface area contributed by atoms with E-state index in [1.165, 1.54) is 16.2 Å². The molecule has 0 aliphatic rings. The van der Waals surface area contributed by atoms with Gasteiger partial charge in [-0.1, -0.05) is 48.0 Å². The molecule has 4 rings (SSSR count). The molecule has 1 aromatic heterocycles. The summed E-state index contributed by atoms with van der Waals surface area (Å²) < 4.78 is 16.5. The molecule has 0 aliphatic heterocycles. The monoisotopic (exact) mass is 312 g/mol. The fraction of sp³-hybridized carbons (Fsp3) is 0. The summed E-state index contributed by atoms with van der Waals surface area (Å²) in [5.41, 5.74) is 1.45. The molecule has 0 aliphatic carbocycles. The maximum atomic E-state index is 14.2. The van der Waals surface area contributed by atoms with Crippen LogP contribution in [0.3, 0.4) is 0 Å². The van der Waals surface area contributed by atoms with E-state index in [0.717, 1.165) is 15.6 Å². The number of halogens is 2. The Bertz CT molecular complexity index is 971. The molecule has 4 aromatic rings. The van der Waals surface area contributed by atoms with Gasteiger partial charge >= 0.3 is 0 Å². The first kappa shape index (κ1) is 12.8. The third-order valence-electron chi connectivity index (χ3n) is 3.62. The van der Waals surface area contributed by atoms with Gasteiger partial charge in [-0.05, 0) is 24.3 Å². The fourth-order valence-corrected chi connectivity index (χ4v) is 4.07. The molecule has 0 saturated carbocycles. The van der Waals surface area contributed by atoms with Crippen molar-refractivity contribution in [1.82, 2.24) is 0 Å². The highest BCUT2D eigenvalue weighted by atomic mass is 35.5. The number of fused-ring (bicyclic) bond motifs is 3. The van der Waals surface area contributed by atoms with Crippen LogP contribution in [-0.4, -0.2) is 0 Å². The van der Waals surface area contributed by atoms with Crippen LogP contribution in [-0.2, 0) is 0 Å². The molecular weight excluding hydrogens is 303 g/mol. The largest absolute Gasteiger partial charge is 0.206 e. The molecule has 0 radical (unpaired) electrons. The van der Waals surface area contributed by atoms with Crippen molar-refractivity contribution in [3.63, 3.8) is 0 Å². The second-order valence-electron chi connectivity index (χ2n) is 4.90. The van der Waals surface area contributed by atoms with E-state index in [-0.39, 0.29) is 5.82 Å². The van der Waals surface area contributed by atoms with E-state index >= 15 is 0 Å². The maximum absolute atomic E-state index is 14.2. The Morgan fingerprint density at radius 2 is 1.62 bits per heavy atom. The number of hydrogen-bond acceptors (Lipinski definition) is 1. The SMILES string of the molecule is Fc1ccc(Cl)cc1-c1cccc2c1sc1ccccc12. The maximum Gasteiger partial charge on any atom is 0.131 e. The lowest BCUT2D eigenvalue weighted by Crippen LogP contribution is -1.84. The van der Waals surface area contributed by atoms with Crippen molar-refractivity contribution < 1.29 is 4.39 Å². The third-order valence-corrected chi connectivity index (χ3v) is 5.08. The van der Waals surface area contributed by atoms with Crippen molar-refractivity contribution in [2.75, 3.05) is 0 Å². The predicted octanol–water partition coefficient (Wildman–Crippen LogP) is 6.51. The van der Waals surface area contributed by atoms with Crippen LogP contribution in [0.1, 0.15) is 0 Å². The van der Waals surface area contributed by atoms with Crippen molar-refractivity contribution in [2.45, 2.75) is 0 Å². The molecule has 0 N–H and O–H groups in total. The Morgan fingerprint density at radius 1 is 0.810 bits per heavy atom. The lowest BCUT2D eigenvalue weighted by atomic mass is 10.0. The first-order valence-corrected chi connectivity index (χ1v) is 7.79. The van der Waals surface area contributed by atoms with Gasteiger partial charge in [-0.2, -0.15) is 0 Å². The summed E-state index contributed by atoms with van der Waals surface area (Å²) >= 11 is 7.72. The number of thiophene rings is 1. The normalized spacial score (nSPS) is 11.3. The fourth-order valence-electron chi connectivity index (χ4n) is 2.66. The van der Waals surface area contributed by atoms with Gasteiger partial charge in [0.1, 0.15) is 5.82 Å². The van der Waals surface area contributed by atoms with E-state index in [1.54, 1.807) is 23.5 Å². The van der Waals surface area contributed by atoms with Crippen molar-refractivity contribution >= 4 is 43.1 Å². The Morgan fingerprint density at radius 3 is 2.52 bits per heavy atom. The molecular formula is C18H10ClFS. The highest BCUT2D eigenvalue weighted by Crippen LogP contribution is 2.40. The van der Waals surface area contributed by atoms with E-state index < -0.39 is 0 Å². The molecule has 0 bridgehead atoms. The van der Waals surface area contributed by atoms with Crippen LogP contribution >= 0.6 is 22.9 Å². The standard InChI is InChI=1S/C18H10ClFS/c19-11-8-9-16(20)15(10-11)14-6-3-5-13-12-4-1-2-7-17(12)21-18(13)14/h1-10H. The summed E-state index contributed by atoms with van der Waals surface area (Å²) in [6.45, 7) is 0. The Kier molecular flexibility index (Phi) is 2.95. The molecule has 0 spiro atoms. The lowest BCUT2D eigenvalue weighted by Gasteiger charge is -2.05. The van der Waals surface area contributed by atoms with E-state index in [1.807, 2.05) is 24.3 Å². The first-order valence-electron chi connectivity index (χ1n) is 6.60. The smallest absolute Gasteiger partial charge is 0.131 e. The summed E-state index contributed by atoms with van der Waals surface area (Å²) in [5, 5.41) is 2.92. The van der Waals surface area contributed by atoms with Gasteiger partial charge in [-0.3, -0.25) is 0 Å². The molecule has 0 amide bonds. The molecule has 1 heterocycles. The van der Waals surface area contributed by atoms with Crippen molar-refractivity contribution in [3.05, 3.63) is 71.5 Å². The zero-order chi connectivity index (χ0) is 14.4. The summed E-state index contributed by atoms with van der Waals surface area (Å²) in [6, 6.07) is 18.9. The molecule has 3 aromatic carbocycles. The van der Waals surface area contributed by atoms with Crippen molar-refractivity contribution in [1.29, 1.82) is 0 Å². The Hall–Kier alpha value is -1.90. The van der Waals surface area contributed by atoms with Gasteiger partial charge in [-0.25, -0.2) is 4.39 Å². The van der Waals surface area contributed by atoms with E-state index in [0.29, 0.717) is 10.6 Å². The van der Waals surface area contributed by atoms with E-state index in [9.17, 15) is 4.39 Å². The molecule has 0 unspecified atom stereocenters. The number of hydrogen-bond donors (Lipinski definition) is 0. The minimum absolute atomic E-state index is 0.246. The van der Waals surface area contributed by atoms with Crippen LogP contribution in [0.5, 0.6) is 0 Å². The molecule has 21 heavy (non-hydrogen) atoms. The zero-order valence-electron chi connectivity index (χ0n) is 10.9. The van der Waals surface area contributed by atoms with Gasteiger partial charge in [0.25, 0.3) is 0 Å². The van der Waals surface area contributed by atoms with Gasteiger partial charge in [0.15, 0.2) is 0 Å². The van der Waals surface area contributed by atoms with Crippen molar-refractivity contribution in [3.8, 4) is 11.1 Å². The first-order chi connectivity index (χ1) is 10.2. The van der Waals surface area contributed by atoms with Gasteiger partial charge in [-0.15, -0.1) is 11.3 Å². The number of rotatable bonds is 1. The third kappa shape index (κ3) is 2.03. The average molecular weight is 313 g/mol. The second-order valence-corrected chi connectivity index (χ2v) is 6.39. The van der Waals surface area contributed by atoms with Gasteiger partial charge in [0, 0.05) is 36.3 Å². The van der Waals surface area contributed by atoms with Crippen LogP contribution in [0.25, 0.3) is 31.3 Å². The quantitative estimate of drug-likeness (QED) is 0.375. The Balaban J connectivity index is 2.12. The minimum Gasteiger partial charge on any atom is -0.206 e. The molecule has 0 nitrogen and oxygen atoms in total. The molecule has 0 atom stereocenters. The molecule has 0 fully saturated rings. The van der Waals surface area contributed by atoms with Gasteiger partial charge < -0.3 is 0 Å². The highest BCUT2D eigenvalue weighted by molar-refractivity contribution is 7.26. The topological polar surface area (TPSA) is 0 Å². The Labute approximate surface area is 130 Å². The minimum atomic E-state index is -0.246. The summed E-state index contributed by atoms with van der Waals surface area (Å²) in [4.78, 5) is 0. The molecule has 0 saturated heterocycles. The van der Waals surface area contributed by atoms with Crippen LogP contribution in [0.2, 0.25) is 5.02 Å². The zero-order valence-corrected chi connectivity index (χ0v) is 12.5. The van der Waals surface area contributed by atoms with Crippen molar-refractivity contribution in [2.24, 2.45) is 0 Å².